The molecule has 0 spiro atoms. The van der Waals surface area contributed by atoms with Gasteiger partial charge in [-0.3, -0.25) is 4.79 Å². The summed E-state index contributed by atoms with van der Waals surface area (Å²) in [6, 6.07) is 0. The summed E-state index contributed by atoms with van der Waals surface area (Å²) >= 11 is 1.80. The number of ether oxygens (including phenoxy) is 1. The Kier molecular flexibility index (Phi) is 6.16. The SMILES string of the molecule is CSCC(C)CNC(=O)C1CCC(CN)O1. The molecule has 0 saturated carbocycles. The molecule has 0 aromatic heterocycles. The number of nitrogens with one attached hydrogen (secondary N) is 1. The Labute approximate surface area is 102 Å². The molecule has 1 rings (SSSR count). The second kappa shape index (κ2) is 7.14. The fourth-order valence-electron chi connectivity index (χ4n) is 1.80. The van der Waals surface area contributed by atoms with Gasteiger partial charge in [0.1, 0.15) is 6.10 Å². The average Bonchev–Trinajstić information content (AvgIpc) is 2.75. The van der Waals surface area contributed by atoms with E-state index >= 15 is 0 Å². The Morgan fingerprint density at radius 1 is 1.62 bits per heavy atom. The molecule has 1 saturated heterocycles. The van der Waals surface area contributed by atoms with E-state index in [4.69, 9.17) is 10.5 Å². The molecule has 0 aromatic carbocycles. The van der Waals surface area contributed by atoms with E-state index < -0.39 is 0 Å². The first-order valence-corrected chi connectivity index (χ1v) is 7.19. The standard InChI is InChI=1S/C11H22N2O2S/c1-8(7-16-2)6-13-11(14)10-4-3-9(5-12)15-10/h8-10H,3-7,12H2,1-2H3,(H,13,14). The summed E-state index contributed by atoms with van der Waals surface area (Å²) in [6.07, 6.45) is 3.55. The third kappa shape index (κ3) is 4.31. The lowest BCUT2D eigenvalue weighted by Crippen LogP contribution is -2.38. The van der Waals surface area contributed by atoms with E-state index in [1.54, 1.807) is 11.8 Å². The molecule has 3 N–H and O–H groups in total. The van der Waals surface area contributed by atoms with Crippen molar-refractivity contribution in [1.82, 2.24) is 5.32 Å². The van der Waals surface area contributed by atoms with E-state index in [-0.39, 0.29) is 18.1 Å². The van der Waals surface area contributed by atoms with Crippen LogP contribution >= 0.6 is 11.8 Å². The smallest absolute Gasteiger partial charge is 0.249 e. The molecule has 1 aliphatic rings. The molecule has 3 atom stereocenters. The maximum atomic E-state index is 11.7. The van der Waals surface area contributed by atoms with Crippen LogP contribution < -0.4 is 11.1 Å². The van der Waals surface area contributed by atoms with Gasteiger partial charge in [0.25, 0.3) is 0 Å². The predicted octanol–water partition coefficient (Wildman–Crippen LogP) is 0.608. The number of hydrogen-bond donors (Lipinski definition) is 2. The molecule has 1 amide bonds. The van der Waals surface area contributed by atoms with Crippen LogP contribution in [0.25, 0.3) is 0 Å². The summed E-state index contributed by atoms with van der Waals surface area (Å²) in [6.45, 7) is 3.37. The van der Waals surface area contributed by atoms with E-state index in [1.807, 2.05) is 0 Å². The van der Waals surface area contributed by atoms with E-state index in [0.29, 0.717) is 12.5 Å². The molecule has 0 aromatic rings. The van der Waals surface area contributed by atoms with Crippen molar-refractivity contribution in [3.63, 3.8) is 0 Å². The van der Waals surface area contributed by atoms with Crippen LogP contribution in [-0.2, 0) is 9.53 Å². The first-order chi connectivity index (χ1) is 7.67. The molecule has 0 radical (unpaired) electrons. The fourth-order valence-corrected chi connectivity index (χ4v) is 2.49. The molecular formula is C11H22N2O2S. The molecule has 94 valence electrons. The summed E-state index contributed by atoms with van der Waals surface area (Å²) in [5.41, 5.74) is 5.50. The van der Waals surface area contributed by atoms with Gasteiger partial charge in [-0.1, -0.05) is 6.92 Å². The van der Waals surface area contributed by atoms with Crippen LogP contribution in [-0.4, -0.2) is 43.2 Å². The van der Waals surface area contributed by atoms with Gasteiger partial charge in [-0.2, -0.15) is 11.8 Å². The summed E-state index contributed by atoms with van der Waals surface area (Å²) in [4.78, 5) is 11.7. The Hall–Kier alpha value is -0.260. The minimum absolute atomic E-state index is 0.0175. The van der Waals surface area contributed by atoms with Crippen molar-refractivity contribution in [1.29, 1.82) is 0 Å². The van der Waals surface area contributed by atoms with Gasteiger partial charge in [-0.05, 0) is 30.8 Å². The van der Waals surface area contributed by atoms with Crippen LogP contribution in [0.4, 0.5) is 0 Å². The van der Waals surface area contributed by atoms with E-state index in [1.165, 1.54) is 0 Å². The molecule has 1 fully saturated rings. The van der Waals surface area contributed by atoms with Crippen molar-refractivity contribution in [2.75, 3.05) is 25.1 Å². The summed E-state index contributed by atoms with van der Waals surface area (Å²) in [7, 11) is 0. The molecule has 5 heteroatoms. The highest BCUT2D eigenvalue weighted by atomic mass is 32.2. The van der Waals surface area contributed by atoms with Crippen molar-refractivity contribution in [2.45, 2.75) is 32.0 Å². The van der Waals surface area contributed by atoms with Crippen molar-refractivity contribution >= 4 is 17.7 Å². The Morgan fingerprint density at radius 3 is 2.94 bits per heavy atom. The van der Waals surface area contributed by atoms with Crippen molar-refractivity contribution in [3.05, 3.63) is 0 Å². The highest BCUT2D eigenvalue weighted by molar-refractivity contribution is 7.98. The highest BCUT2D eigenvalue weighted by Crippen LogP contribution is 2.18. The zero-order valence-electron chi connectivity index (χ0n) is 10.1. The first-order valence-electron chi connectivity index (χ1n) is 5.79. The minimum Gasteiger partial charge on any atom is -0.364 e. The zero-order valence-corrected chi connectivity index (χ0v) is 10.9. The van der Waals surface area contributed by atoms with Crippen molar-refractivity contribution in [2.24, 2.45) is 11.7 Å². The highest BCUT2D eigenvalue weighted by Gasteiger charge is 2.29. The van der Waals surface area contributed by atoms with Gasteiger partial charge in [-0.25, -0.2) is 0 Å². The normalized spacial score (nSPS) is 26.7. The van der Waals surface area contributed by atoms with Gasteiger partial charge in [0, 0.05) is 13.1 Å². The lowest BCUT2D eigenvalue weighted by atomic mass is 10.1. The molecule has 3 unspecified atom stereocenters. The van der Waals surface area contributed by atoms with Crippen LogP contribution in [0.5, 0.6) is 0 Å². The second-order valence-corrected chi connectivity index (χ2v) is 5.28. The lowest BCUT2D eigenvalue weighted by Gasteiger charge is -2.15. The van der Waals surface area contributed by atoms with Crippen molar-refractivity contribution < 1.29 is 9.53 Å². The van der Waals surface area contributed by atoms with Gasteiger partial charge in [0.05, 0.1) is 6.10 Å². The molecule has 1 aliphatic heterocycles. The topological polar surface area (TPSA) is 64.4 Å². The third-order valence-corrected chi connectivity index (χ3v) is 3.64. The lowest BCUT2D eigenvalue weighted by molar-refractivity contribution is -0.131. The van der Waals surface area contributed by atoms with Gasteiger partial charge < -0.3 is 15.8 Å². The summed E-state index contributed by atoms with van der Waals surface area (Å²) < 4.78 is 5.52. The number of nitrogens with two attached hydrogens (primary N) is 1. The van der Waals surface area contributed by atoms with Crippen LogP contribution in [0.15, 0.2) is 0 Å². The number of thioether (sulfide) groups is 1. The van der Waals surface area contributed by atoms with Crippen LogP contribution in [0.2, 0.25) is 0 Å². The Balaban J connectivity index is 2.20. The molecule has 1 heterocycles. The van der Waals surface area contributed by atoms with Gasteiger partial charge in [0.2, 0.25) is 5.91 Å². The number of amides is 1. The maximum Gasteiger partial charge on any atom is 0.249 e. The van der Waals surface area contributed by atoms with Crippen LogP contribution in [0.1, 0.15) is 19.8 Å². The summed E-state index contributed by atoms with van der Waals surface area (Å²) in [5.74, 6) is 1.59. The van der Waals surface area contributed by atoms with E-state index in [9.17, 15) is 4.79 Å². The van der Waals surface area contributed by atoms with E-state index in [0.717, 1.165) is 25.1 Å². The van der Waals surface area contributed by atoms with Gasteiger partial charge >= 0.3 is 0 Å². The first kappa shape index (κ1) is 13.8. The molecular weight excluding hydrogens is 224 g/mol. The van der Waals surface area contributed by atoms with Crippen LogP contribution in [0.3, 0.4) is 0 Å². The maximum absolute atomic E-state index is 11.7. The van der Waals surface area contributed by atoms with Gasteiger partial charge in [0.15, 0.2) is 0 Å². The second-order valence-electron chi connectivity index (χ2n) is 4.37. The van der Waals surface area contributed by atoms with Crippen LogP contribution in [0, 0.1) is 5.92 Å². The quantitative estimate of drug-likeness (QED) is 0.720. The molecule has 0 aliphatic carbocycles. The summed E-state index contributed by atoms with van der Waals surface area (Å²) in [5, 5.41) is 2.94. The number of carbonyl (C=O) groups is 1. The number of carbonyl (C=O) groups excluding carboxylic acids is 1. The monoisotopic (exact) mass is 246 g/mol. The molecule has 16 heavy (non-hydrogen) atoms. The molecule has 0 bridgehead atoms. The minimum atomic E-state index is -0.282. The van der Waals surface area contributed by atoms with Gasteiger partial charge in [-0.15, -0.1) is 0 Å². The third-order valence-electron chi connectivity index (χ3n) is 2.74. The average molecular weight is 246 g/mol. The molecule has 4 nitrogen and oxygen atoms in total. The number of hydrogen-bond acceptors (Lipinski definition) is 4. The largest absolute Gasteiger partial charge is 0.364 e. The Morgan fingerprint density at radius 2 is 2.38 bits per heavy atom. The zero-order chi connectivity index (χ0) is 12.0. The predicted molar refractivity (Wildman–Crippen MR) is 67.5 cm³/mol. The fraction of sp³-hybridized carbons (Fsp3) is 0.909. The van der Waals surface area contributed by atoms with Crippen molar-refractivity contribution in [3.8, 4) is 0 Å². The number of rotatable bonds is 6. The Bertz CT molecular complexity index is 226. The van der Waals surface area contributed by atoms with E-state index in [2.05, 4.69) is 18.5 Å².